The van der Waals surface area contributed by atoms with Crippen LogP contribution in [0.3, 0.4) is 0 Å². The second-order valence-electron chi connectivity index (χ2n) is 5.69. The Hall–Kier alpha value is -0.950. The quantitative estimate of drug-likeness (QED) is 0.802. The van der Waals surface area contributed by atoms with Crippen molar-refractivity contribution in [1.82, 2.24) is 10.2 Å². The van der Waals surface area contributed by atoms with Crippen LogP contribution < -0.4 is 5.32 Å². The maximum Gasteiger partial charge on any atom is 0.326 e. The van der Waals surface area contributed by atoms with E-state index in [9.17, 15) is 9.59 Å². The average Bonchev–Trinajstić information content (AvgIpc) is 2.31. The normalized spacial score (nSPS) is 23.2. The maximum atomic E-state index is 12.2. The van der Waals surface area contributed by atoms with Crippen molar-refractivity contribution in [2.75, 3.05) is 25.1 Å². The van der Waals surface area contributed by atoms with Gasteiger partial charge in [-0.05, 0) is 39.2 Å². The SMILES string of the molecule is CSCC[C@H](NC(=O)N1CC(C)OC(C)(C)C1)C(=O)O. The highest BCUT2D eigenvalue weighted by atomic mass is 32.2. The number of carboxylic acid groups (broad SMARTS) is 1. The van der Waals surface area contributed by atoms with Gasteiger partial charge in [-0.2, -0.15) is 11.8 Å². The summed E-state index contributed by atoms with van der Waals surface area (Å²) in [6, 6.07) is -1.17. The van der Waals surface area contributed by atoms with Gasteiger partial charge in [0.05, 0.1) is 18.2 Å². The van der Waals surface area contributed by atoms with E-state index in [4.69, 9.17) is 9.84 Å². The molecule has 0 saturated carbocycles. The van der Waals surface area contributed by atoms with Gasteiger partial charge < -0.3 is 20.1 Å². The van der Waals surface area contributed by atoms with E-state index in [1.807, 2.05) is 27.0 Å². The van der Waals surface area contributed by atoms with Crippen LogP contribution >= 0.6 is 11.8 Å². The van der Waals surface area contributed by atoms with Crippen LogP contribution in [0.1, 0.15) is 27.2 Å². The lowest BCUT2D eigenvalue weighted by molar-refractivity contribution is -0.139. The minimum atomic E-state index is -0.993. The van der Waals surface area contributed by atoms with Gasteiger partial charge in [-0.25, -0.2) is 9.59 Å². The van der Waals surface area contributed by atoms with E-state index in [0.717, 1.165) is 0 Å². The molecule has 1 heterocycles. The van der Waals surface area contributed by atoms with Crippen LogP contribution in [0.25, 0.3) is 0 Å². The van der Waals surface area contributed by atoms with E-state index in [1.165, 1.54) is 0 Å². The molecule has 116 valence electrons. The fraction of sp³-hybridized carbons (Fsp3) is 0.846. The van der Waals surface area contributed by atoms with Crippen LogP contribution in [-0.4, -0.2) is 64.9 Å². The van der Waals surface area contributed by atoms with Gasteiger partial charge in [0, 0.05) is 6.54 Å². The number of carbonyl (C=O) groups excluding carboxylic acids is 1. The number of hydrogen-bond donors (Lipinski definition) is 2. The molecule has 0 aliphatic carbocycles. The summed E-state index contributed by atoms with van der Waals surface area (Å²) in [5, 5.41) is 11.7. The maximum absolute atomic E-state index is 12.2. The number of ether oxygens (including phenoxy) is 1. The zero-order valence-corrected chi connectivity index (χ0v) is 13.3. The summed E-state index contributed by atoms with van der Waals surface area (Å²) in [6.07, 6.45) is 2.28. The summed E-state index contributed by atoms with van der Waals surface area (Å²) >= 11 is 1.56. The van der Waals surface area contributed by atoms with Gasteiger partial charge in [0.15, 0.2) is 0 Å². The monoisotopic (exact) mass is 304 g/mol. The van der Waals surface area contributed by atoms with Gasteiger partial charge in [-0.15, -0.1) is 0 Å². The second-order valence-corrected chi connectivity index (χ2v) is 6.68. The van der Waals surface area contributed by atoms with Crippen LogP contribution in [0.4, 0.5) is 4.79 Å². The standard InChI is InChI=1S/C13H24N2O4S/c1-9-7-15(8-13(2,3)19-9)12(18)14-10(11(16)17)5-6-20-4/h9-10H,5-8H2,1-4H3,(H,14,18)(H,16,17)/t9?,10-/m0/s1. The summed E-state index contributed by atoms with van der Waals surface area (Å²) in [7, 11) is 0. The molecule has 0 aromatic carbocycles. The Kier molecular flexibility index (Phi) is 6.13. The molecule has 0 aromatic heterocycles. The summed E-state index contributed by atoms with van der Waals surface area (Å²) < 4.78 is 5.73. The minimum absolute atomic E-state index is 0.0565. The predicted octanol–water partition coefficient (Wildman–Crippen LogP) is 1.40. The first-order valence-electron chi connectivity index (χ1n) is 6.70. The number of rotatable bonds is 5. The number of nitrogens with zero attached hydrogens (tertiary/aromatic N) is 1. The molecular weight excluding hydrogens is 280 g/mol. The van der Waals surface area contributed by atoms with Crippen molar-refractivity contribution in [3.8, 4) is 0 Å². The third kappa shape index (κ3) is 5.20. The lowest BCUT2D eigenvalue weighted by atomic mass is 10.1. The highest BCUT2D eigenvalue weighted by Gasteiger charge is 2.34. The lowest BCUT2D eigenvalue weighted by Crippen LogP contribution is -2.58. The van der Waals surface area contributed by atoms with Crippen molar-refractivity contribution in [2.45, 2.75) is 44.9 Å². The summed E-state index contributed by atoms with van der Waals surface area (Å²) in [5.41, 5.74) is -0.410. The Labute approximate surface area is 124 Å². The summed E-state index contributed by atoms with van der Waals surface area (Å²) in [6.45, 7) is 6.68. The number of nitrogens with one attached hydrogen (secondary N) is 1. The molecule has 1 saturated heterocycles. The Morgan fingerprint density at radius 2 is 2.20 bits per heavy atom. The fourth-order valence-electron chi connectivity index (χ4n) is 2.34. The van der Waals surface area contributed by atoms with Gasteiger partial charge in [0.1, 0.15) is 6.04 Å². The summed E-state index contributed by atoms with van der Waals surface area (Å²) in [5.74, 6) is -0.296. The second kappa shape index (κ2) is 7.17. The van der Waals surface area contributed by atoms with Crippen LogP contribution in [0, 0.1) is 0 Å². The highest BCUT2D eigenvalue weighted by Crippen LogP contribution is 2.20. The van der Waals surface area contributed by atoms with Crippen molar-refractivity contribution in [1.29, 1.82) is 0 Å². The molecule has 7 heteroatoms. The number of amides is 2. The molecule has 1 fully saturated rings. The Bertz CT molecular complexity index is 362. The number of urea groups is 1. The topological polar surface area (TPSA) is 78.9 Å². The van der Waals surface area contributed by atoms with Gasteiger partial charge in [-0.1, -0.05) is 0 Å². The molecule has 2 atom stereocenters. The number of carboxylic acids is 1. The van der Waals surface area contributed by atoms with Crippen molar-refractivity contribution in [2.24, 2.45) is 0 Å². The van der Waals surface area contributed by atoms with Gasteiger partial charge >= 0.3 is 12.0 Å². The first kappa shape index (κ1) is 17.1. The van der Waals surface area contributed by atoms with Crippen LogP contribution in [0.15, 0.2) is 0 Å². The molecule has 2 amide bonds. The average molecular weight is 304 g/mol. The predicted molar refractivity (Wildman–Crippen MR) is 79.2 cm³/mol. The van der Waals surface area contributed by atoms with Crippen molar-refractivity contribution >= 4 is 23.8 Å². The molecule has 1 rings (SSSR count). The molecule has 1 unspecified atom stereocenters. The molecule has 0 bridgehead atoms. The molecule has 1 aliphatic heterocycles. The van der Waals surface area contributed by atoms with Crippen molar-refractivity contribution < 1.29 is 19.4 Å². The van der Waals surface area contributed by atoms with Gasteiger partial charge in [-0.3, -0.25) is 0 Å². The molecule has 1 aliphatic rings. The molecule has 2 N–H and O–H groups in total. The molecular formula is C13H24N2O4S. The van der Waals surface area contributed by atoms with Gasteiger partial charge in [0.2, 0.25) is 0 Å². The lowest BCUT2D eigenvalue weighted by Gasteiger charge is -2.41. The third-order valence-electron chi connectivity index (χ3n) is 3.06. The number of aliphatic carboxylic acids is 1. The zero-order valence-electron chi connectivity index (χ0n) is 12.5. The van der Waals surface area contributed by atoms with E-state index in [2.05, 4.69) is 5.32 Å². The zero-order chi connectivity index (χ0) is 15.3. The third-order valence-corrected chi connectivity index (χ3v) is 3.71. The molecule has 20 heavy (non-hydrogen) atoms. The summed E-state index contributed by atoms with van der Waals surface area (Å²) in [4.78, 5) is 25.0. The van der Waals surface area contributed by atoms with Crippen LogP contribution in [0.2, 0.25) is 0 Å². The molecule has 0 aromatic rings. The number of morpholine rings is 1. The van der Waals surface area contributed by atoms with Crippen LogP contribution in [0.5, 0.6) is 0 Å². The van der Waals surface area contributed by atoms with Crippen molar-refractivity contribution in [3.05, 3.63) is 0 Å². The first-order valence-corrected chi connectivity index (χ1v) is 8.09. The van der Waals surface area contributed by atoms with Crippen LogP contribution in [-0.2, 0) is 9.53 Å². The Morgan fingerprint density at radius 3 is 2.70 bits per heavy atom. The van der Waals surface area contributed by atoms with E-state index in [-0.39, 0.29) is 12.1 Å². The largest absolute Gasteiger partial charge is 0.480 e. The smallest absolute Gasteiger partial charge is 0.326 e. The van der Waals surface area contributed by atoms with Gasteiger partial charge in [0.25, 0.3) is 0 Å². The fourth-order valence-corrected chi connectivity index (χ4v) is 2.81. The number of carbonyl (C=O) groups is 2. The van der Waals surface area contributed by atoms with E-state index in [0.29, 0.717) is 25.3 Å². The van der Waals surface area contributed by atoms with Crippen molar-refractivity contribution in [3.63, 3.8) is 0 Å². The molecule has 0 spiro atoms. The molecule has 0 radical (unpaired) electrons. The highest BCUT2D eigenvalue weighted by molar-refractivity contribution is 7.98. The van der Waals surface area contributed by atoms with E-state index >= 15 is 0 Å². The number of thioether (sulfide) groups is 1. The van der Waals surface area contributed by atoms with E-state index in [1.54, 1.807) is 16.7 Å². The molecule has 6 nitrogen and oxygen atoms in total. The minimum Gasteiger partial charge on any atom is -0.480 e. The van der Waals surface area contributed by atoms with E-state index < -0.39 is 17.6 Å². The number of hydrogen-bond acceptors (Lipinski definition) is 4. The Balaban J connectivity index is 2.61. The first-order chi connectivity index (χ1) is 9.25. The Morgan fingerprint density at radius 1 is 1.55 bits per heavy atom.